The van der Waals surface area contributed by atoms with E-state index >= 15 is 0 Å². The van der Waals surface area contributed by atoms with Gasteiger partial charge in [-0.2, -0.15) is 0 Å². The lowest BCUT2D eigenvalue weighted by atomic mass is 10.3. The second-order valence-corrected chi connectivity index (χ2v) is 5.53. The Kier molecular flexibility index (Phi) is 5.10. The van der Waals surface area contributed by atoms with E-state index in [0.717, 1.165) is 19.4 Å². The van der Waals surface area contributed by atoms with E-state index in [2.05, 4.69) is 5.32 Å². The monoisotopic (exact) mass is 221 g/mol. The van der Waals surface area contributed by atoms with Crippen molar-refractivity contribution in [3.05, 3.63) is 0 Å². The van der Waals surface area contributed by atoms with Crippen LogP contribution in [0, 0.1) is 0 Å². The molecule has 5 heteroatoms. The van der Waals surface area contributed by atoms with Crippen LogP contribution < -0.4 is 5.32 Å². The van der Waals surface area contributed by atoms with E-state index in [-0.39, 0.29) is 0 Å². The molecular formula is C9H20NO3P. The first kappa shape index (κ1) is 12.2. The van der Waals surface area contributed by atoms with Gasteiger partial charge >= 0.3 is 7.60 Å². The average Bonchev–Trinajstić information content (AvgIpc) is 2.57. The van der Waals surface area contributed by atoms with Gasteiger partial charge in [0.2, 0.25) is 0 Å². The molecular weight excluding hydrogens is 201 g/mol. The van der Waals surface area contributed by atoms with E-state index < -0.39 is 7.60 Å². The van der Waals surface area contributed by atoms with Gasteiger partial charge in [0.05, 0.1) is 19.4 Å². The predicted molar refractivity (Wildman–Crippen MR) is 56.8 cm³/mol. The molecule has 1 rings (SSSR count). The molecule has 1 aliphatic heterocycles. The summed E-state index contributed by atoms with van der Waals surface area (Å²) in [5.41, 5.74) is 0. The summed E-state index contributed by atoms with van der Waals surface area (Å²) in [5.74, 6) is 0. The molecule has 0 aromatic rings. The molecule has 14 heavy (non-hydrogen) atoms. The zero-order valence-corrected chi connectivity index (χ0v) is 9.89. The molecule has 0 radical (unpaired) electrons. The normalized spacial score (nSPS) is 22.9. The van der Waals surface area contributed by atoms with Crippen LogP contribution >= 0.6 is 7.60 Å². The minimum Gasteiger partial charge on any atom is -0.313 e. The van der Waals surface area contributed by atoms with Crippen molar-refractivity contribution in [2.45, 2.75) is 32.7 Å². The van der Waals surface area contributed by atoms with Crippen LogP contribution in [0.4, 0.5) is 0 Å². The van der Waals surface area contributed by atoms with E-state index in [0.29, 0.717) is 25.4 Å². The van der Waals surface area contributed by atoms with Gasteiger partial charge < -0.3 is 14.4 Å². The lowest BCUT2D eigenvalue weighted by molar-refractivity contribution is 0.218. The topological polar surface area (TPSA) is 47.6 Å². The third kappa shape index (κ3) is 3.70. The fraction of sp³-hybridized carbons (Fsp3) is 1.00. The molecule has 1 N–H and O–H groups in total. The van der Waals surface area contributed by atoms with Crippen molar-refractivity contribution in [1.29, 1.82) is 0 Å². The first-order valence-electron chi connectivity index (χ1n) is 5.31. The van der Waals surface area contributed by atoms with Gasteiger partial charge in [-0.3, -0.25) is 4.57 Å². The van der Waals surface area contributed by atoms with Crippen LogP contribution in [0.25, 0.3) is 0 Å². The van der Waals surface area contributed by atoms with Crippen LogP contribution in [-0.4, -0.2) is 32.0 Å². The Hall–Kier alpha value is 0.110. The van der Waals surface area contributed by atoms with Crippen LogP contribution in [0.5, 0.6) is 0 Å². The van der Waals surface area contributed by atoms with Gasteiger partial charge in [-0.05, 0) is 33.2 Å². The third-order valence-electron chi connectivity index (χ3n) is 2.26. The second-order valence-electron chi connectivity index (χ2n) is 3.42. The molecule has 0 spiro atoms. The smallest absolute Gasteiger partial charge is 0.313 e. The number of rotatable bonds is 6. The van der Waals surface area contributed by atoms with Gasteiger partial charge in [-0.1, -0.05) is 0 Å². The van der Waals surface area contributed by atoms with E-state index in [1.54, 1.807) is 0 Å². The summed E-state index contributed by atoms with van der Waals surface area (Å²) < 4.78 is 22.5. The third-order valence-corrected chi connectivity index (χ3v) is 4.45. The number of hydrogen-bond acceptors (Lipinski definition) is 4. The molecule has 0 aromatic heterocycles. The number of hydrogen-bond donors (Lipinski definition) is 1. The maximum atomic E-state index is 12.1. The summed E-state index contributed by atoms with van der Waals surface area (Å²) >= 11 is 0. The van der Waals surface area contributed by atoms with Crippen molar-refractivity contribution < 1.29 is 13.6 Å². The van der Waals surface area contributed by atoms with Crippen LogP contribution in [0.3, 0.4) is 0 Å². The molecule has 0 aliphatic carbocycles. The molecule has 1 fully saturated rings. The van der Waals surface area contributed by atoms with Crippen molar-refractivity contribution in [3.8, 4) is 0 Å². The molecule has 1 atom stereocenters. The molecule has 1 saturated heterocycles. The average molecular weight is 221 g/mol. The summed E-state index contributed by atoms with van der Waals surface area (Å²) in [6.45, 7) is 5.60. The zero-order chi connectivity index (χ0) is 10.4. The second kappa shape index (κ2) is 5.86. The van der Waals surface area contributed by atoms with Gasteiger partial charge in [-0.15, -0.1) is 0 Å². The highest BCUT2D eigenvalue weighted by Gasteiger charge is 2.29. The minimum atomic E-state index is -2.83. The summed E-state index contributed by atoms with van der Waals surface area (Å²) in [5, 5.41) is 3.30. The van der Waals surface area contributed by atoms with Gasteiger partial charge in [-0.25, -0.2) is 0 Å². The van der Waals surface area contributed by atoms with Crippen molar-refractivity contribution in [2.75, 3.05) is 25.9 Å². The van der Waals surface area contributed by atoms with Crippen LogP contribution in [0.15, 0.2) is 0 Å². The predicted octanol–water partition coefficient (Wildman–Crippen LogP) is 2.00. The maximum absolute atomic E-state index is 12.1. The lowest BCUT2D eigenvalue weighted by Crippen LogP contribution is -2.26. The Balaban J connectivity index is 2.44. The van der Waals surface area contributed by atoms with Gasteiger partial charge in [0.15, 0.2) is 0 Å². The molecule has 0 amide bonds. The van der Waals surface area contributed by atoms with E-state index in [9.17, 15) is 4.57 Å². The summed E-state index contributed by atoms with van der Waals surface area (Å²) in [4.78, 5) is 0. The summed E-state index contributed by atoms with van der Waals surface area (Å²) in [7, 11) is -2.83. The molecule has 1 aliphatic rings. The van der Waals surface area contributed by atoms with Gasteiger partial charge in [0.25, 0.3) is 0 Å². The van der Waals surface area contributed by atoms with Crippen LogP contribution in [0.1, 0.15) is 26.7 Å². The van der Waals surface area contributed by atoms with E-state index in [1.807, 2.05) is 13.8 Å². The molecule has 0 bridgehead atoms. The molecule has 0 unspecified atom stereocenters. The summed E-state index contributed by atoms with van der Waals surface area (Å²) in [6.07, 6.45) is 2.74. The Morgan fingerprint density at radius 1 is 1.36 bits per heavy atom. The van der Waals surface area contributed by atoms with Gasteiger partial charge in [0, 0.05) is 6.04 Å². The largest absolute Gasteiger partial charge is 0.332 e. The maximum Gasteiger partial charge on any atom is 0.332 e. The standard InChI is InChI=1S/C9H20NO3P/c1-3-12-14(11,13-4-2)8-9-6-5-7-10-9/h9-10H,3-8H2,1-2H3/t9-/m1/s1. The van der Waals surface area contributed by atoms with Crippen molar-refractivity contribution in [3.63, 3.8) is 0 Å². The zero-order valence-electron chi connectivity index (χ0n) is 8.99. The Bertz CT molecular complexity index is 194. The Labute approximate surface area is 85.9 Å². The highest BCUT2D eigenvalue weighted by atomic mass is 31.2. The molecule has 0 aromatic carbocycles. The van der Waals surface area contributed by atoms with Crippen molar-refractivity contribution >= 4 is 7.60 Å². The quantitative estimate of drug-likeness (QED) is 0.697. The van der Waals surface area contributed by atoms with E-state index in [1.165, 1.54) is 0 Å². The fourth-order valence-corrected chi connectivity index (χ4v) is 3.64. The highest BCUT2D eigenvalue weighted by Crippen LogP contribution is 2.49. The first-order valence-corrected chi connectivity index (χ1v) is 7.04. The Morgan fingerprint density at radius 2 is 2.00 bits per heavy atom. The Morgan fingerprint density at radius 3 is 2.43 bits per heavy atom. The lowest BCUT2D eigenvalue weighted by Gasteiger charge is -2.20. The molecule has 0 saturated carbocycles. The summed E-state index contributed by atoms with van der Waals surface area (Å²) in [6, 6.07) is 0.305. The van der Waals surface area contributed by atoms with Crippen molar-refractivity contribution in [2.24, 2.45) is 0 Å². The minimum absolute atomic E-state index is 0.305. The molecule has 1 heterocycles. The van der Waals surface area contributed by atoms with Crippen LogP contribution in [0.2, 0.25) is 0 Å². The van der Waals surface area contributed by atoms with E-state index in [4.69, 9.17) is 9.05 Å². The fourth-order valence-electron chi connectivity index (χ4n) is 1.72. The van der Waals surface area contributed by atoms with Crippen LogP contribution in [-0.2, 0) is 13.6 Å². The first-order chi connectivity index (χ1) is 6.70. The highest BCUT2D eigenvalue weighted by molar-refractivity contribution is 7.53. The van der Waals surface area contributed by atoms with Crippen molar-refractivity contribution in [1.82, 2.24) is 5.32 Å². The molecule has 4 nitrogen and oxygen atoms in total. The van der Waals surface area contributed by atoms with Gasteiger partial charge in [0.1, 0.15) is 0 Å². The SMILES string of the molecule is CCOP(=O)(C[C@H]1CCCN1)OCC. The molecule has 84 valence electrons. The number of nitrogens with one attached hydrogen (secondary N) is 1.